The average Bonchev–Trinajstić information content (AvgIpc) is 2.26. The third-order valence-corrected chi connectivity index (χ3v) is 2.55. The SMILES string of the molecule is CC(/C=N/O)=N/Nc1c(Cl)cc(C(F)(F)F)cc1Cl. The van der Waals surface area contributed by atoms with Crippen LogP contribution in [0.3, 0.4) is 0 Å². The summed E-state index contributed by atoms with van der Waals surface area (Å²) in [5, 5.41) is 14.2. The smallest absolute Gasteiger partial charge is 0.411 e. The summed E-state index contributed by atoms with van der Waals surface area (Å²) < 4.78 is 37.5. The zero-order valence-corrected chi connectivity index (χ0v) is 11.0. The number of anilines is 1. The molecule has 19 heavy (non-hydrogen) atoms. The molecule has 4 nitrogen and oxygen atoms in total. The van der Waals surface area contributed by atoms with Crippen molar-refractivity contribution in [3.63, 3.8) is 0 Å². The first-order valence-corrected chi connectivity index (χ1v) is 5.55. The van der Waals surface area contributed by atoms with Crippen molar-refractivity contribution in [1.82, 2.24) is 0 Å². The predicted octanol–water partition coefficient (Wildman–Crippen LogP) is 4.26. The van der Waals surface area contributed by atoms with E-state index in [0.717, 1.165) is 18.3 Å². The van der Waals surface area contributed by atoms with Crippen molar-refractivity contribution in [2.45, 2.75) is 13.1 Å². The Morgan fingerprint density at radius 2 is 1.84 bits per heavy atom. The molecule has 0 aromatic heterocycles. The molecule has 9 heteroatoms. The molecule has 0 spiro atoms. The number of hydrogen-bond donors (Lipinski definition) is 2. The van der Waals surface area contributed by atoms with Crippen LogP contribution in [0.1, 0.15) is 12.5 Å². The maximum Gasteiger partial charge on any atom is 0.416 e. The Morgan fingerprint density at radius 3 is 2.26 bits per heavy atom. The van der Waals surface area contributed by atoms with E-state index in [9.17, 15) is 13.2 Å². The summed E-state index contributed by atoms with van der Waals surface area (Å²) >= 11 is 11.4. The lowest BCUT2D eigenvalue weighted by molar-refractivity contribution is -0.137. The molecule has 1 aromatic rings. The van der Waals surface area contributed by atoms with Crippen molar-refractivity contribution < 1.29 is 18.4 Å². The quantitative estimate of drug-likeness (QED) is 0.497. The minimum Gasteiger partial charge on any atom is -0.411 e. The third kappa shape index (κ3) is 4.29. The van der Waals surface area contributed by atoms with Crippen LogP contribution >= 0.6 is 23.2 Å². The second-order valence-electron chi connectivity index (χ2n) is 3.42. The first-order chi connectivity index (χ1) is 8.75. The molecule has 0 aliphatic rings. The highest BCUT2D eigenvalue weighted by Gasteiger charge is 2.32. The second kappa shape index (κ2) is 6.12. The van der Waals surface area contributed by atoms with Gasteiger partial charge >= 0.3 is 6.18 Å². The highest BCUT2D eigenvalue weighted by molar-refractivity contribution is 6.39. The van der Waals surface area contributed by atoms with Crippen molar-refractivity contribution in [3.05, 3.63) is 27.7 Å². The van der Waals surface area contributed by atoms with Gasteiger partial charge in [-0.05, 0) is 19.1 Å². The Bertz CT molecular complexity index is 506. The molecule has 1 rings (SSSR count). The number of nitrogens with zero attached hydrogens (tertiary/aromatic N) is 2. The van der Waals surface area contributed by atoms with Crippen molar-refractivity contribution in [1.29, 1.82) is 0 Å². The highest BCUT2D eigenvalue weighted by Crippen LogP contribution is 2.38. The molecule has 0 radical (unpaired) electrons. The van der Waals surface area contributed by atoms with Crippen molar-refractivity contribution in [3.8, 4) is 0 Å². The minimum atomic E-state index is -4.53. The monoisotopic (exact) mass is 313 g/mol. The molecule has 2 N–H and O–H groups in total. The van der Waals surface area contributed by atoms with Gasteiger partial charge in [-0.15, -0.1) is 0 Å². The van der Waals surface area contributed by atoms with Gasteiger partial charge in [0.2, 0.25) is 0 Å². The maximum atomic E-state index is 12.5. The number of rotatable bonds is 3. The molecule has 104 valence electrons. The van der Waals surface area contributed by atoms with E-state index < -0.39 is 11.7 Å². The van der Waals surface area contributed by atoms with E-state index in [1.807, 2.05) is 0 Å². The Kier molecular flexibility index (Phi) is 5.02. The third-order valence-electron chi connectivity index (χ3n) is 1.96. The fourth-order valence-corrected chi connectivity index (χ4v) is 1.67. The van der Waals surface area contributed by atoms with Gasteiger partial charge < -0.3 is 5.21 Å². The number of nitrogens with one attached hydrogen (secondary N) is 1. The Balaban J connectivity index is 3.08. The fourth-order valence-electron chi connectivity index (χ4n) is 1.10. The van der Waals surface area contributed by atoms with Gasteiger partial charge in [-0.3, -0.25) is 5.43 Å². The topological polar surface area (TPSA) is 57.0 Å². The minimum absolute atomic E-state index is 0.0297. The molecule has 0 aliphatic carbocycles. The van der Waals surface area contributed by atoms with E-state index in [2.05, 4.69) is 15.7 Å². The van der Waals surface area contributed by atoms with Crippen LogP contribution in [-0.2, 0) is 6.18 Å². The van der Waals surface area contributed by atoms with Gasteiger partial charge in [-0.2, -0.15) is 18.3 Å². The fraction of sp³-hybridized carbons (Fsp3) is 0.200. The van der Waals surface area contributed by atoms with Gasteiger partial charge in [0.1, 0.15) is 0 Å². The summed E-state index contributed by atoms with van der Waals surface area (Å²) in [5.41, 5.74) is 1.75. The van der Waals surface area contributed by atoms with Crippen LogP contribution < -0.4 is 5.43 Å². The van der Waals surface area contributed by atoms with Crippen LogP contribution in [-0.4, -0.2) is 17.1 Å². The number of hydrazone groups is 1. The van der Waals surface area contributed by atoms with Gasteiger partial charge in [0.05, 0.1) is 33.2 Å². The van der Waals surface area contributed by atoms with E-state index >= 15 is 0 Å². The average molecular weight is 314 g/mol. The maximum absolute atomic E-state index is 12.5. The van der Waals surface area contributed by atoms with Crippen molar-refractivity contribution in [2.24, 2.45) is 10.3 Å². The number of benzene rings is 1. The Hall–Kier alpha value is -1.47. The summed E-state index contributed by atoms with van der Waals surface area (Å²) in [5.74, 6) is 0. The van der Waals surface area contributed by atoms with Crippen LogP contribution in [0, 0.1) is 0 Å². The largest absolute Gasteiger partial charge is 0.416 e. The number of oxime groups is 1. The van der Waals surface area contributed by atoms with E-state index in [-0.39, 0.29) is 21.4 Å². The molecule has 0 saturated heterocycles. The molecule has 0 atom stereocenters. The Morgan fingerprint density at radius 1 is 1.32 bits per heavy atom. The Labute approximate surface area is 116 Å². The van der Waals surface area contributed by atoms with Crippen molar-refractivity contribution >= 4 is 40.8 Å². The van der Waals surface area contributed by atoms with Crippen LogP contribution in [0.15, 0.2) is 22.4 Å². The summed E-state index contributed by atoms with van der Waals surface area (Å²) in [6.07, 6.45) is -3.51. The predicted molar refractivity (Wildman–Crippen MR) is 68.5 cm³/mol. The molecule has 0 amide bonds. The number of halogens is 5. The van der Waals surface area contributed by atoms with Crippen molar-refractivity contribution in [2.75, 3.05) is 5.43 Å². The van der Waals surface area contributed by atoms with Crippen LogP contribution in [0.25, 0.3) is 0 Å². The highest BCUT2D eigenvalue weighted by atomic mass is 35.5. The summed E-state index contributed by atoms with van der Waals surface area (Å²) in [7, 11) is 0. The van der Waals surface area contributed by atoms with Crippen LogP contribution in [0.2, 0.25) is 10.0 Å². The molecule has 0 fully saturated rings. The van der Waals surface area contributed by atoms with Gasteiger partial charge in [0.25, 0.3) is 0 Å². The van der Waals surface area contributed by atoms with Gasteiger partial charge in [-0.1, -0.05) is 28.4 Å². The number of alkyl halides is 3. The van der Waals surface area contributed by atoms with E-state index in [0.29, 0.717) is 0 Å². The summed E-state index contributed by atoms with van der Waals surface area (Å²) in [4.78, 5) is 0. The summed E-state index contributed by atoms with van der Waals surface area (Å²) in [6.45, 7) is 1.50. The van der Waals surface area contributed by atoms with Crippen LogP contribution in [0.5, 0.6) is 0 Å². The van der Waals surface area contributed by atoms with Gasteiger partial charge in [0, 0.05) is 0 Å². The zero-order valence-electron chi connectivity index (χ0n) is 9.46. The van der Waals surface area contributed by atoms with E-state index in [1.54, 1.807) is 0 Å². The van der Waals surface area contributed by atoms with E-state index in [1.165, 1.54) is 6.92 Å². The molecular weight excluding hydrogens is 306 g/mol. The molecule has 0 aliphatic heterocycles. The molecular formula is C10H8Cl2F3N3O. The molecule has 0 heterocycles. The lowest BCUT2D eigenvalue weighted by Gasteiger charge is -2.11. The zero-order chi connectivity index (χ0) is 14.6. The number of hydrogen-bond acceptors (Lipinski definition) is 4. The standard InChI is InChI=1S/C10H8Cl2F3N3O/c1-5(4-16-19)17-18-9-7(11)2-6(3-8(9)12)10(13,14)15/h2-4,18-19H,1H3/b16-4+,17-5-. The van der Waals surface area contributed by atoms with Crippen LogP contribution in [0.4, 0.5) is 18.9 Å². The molecule has 1 aromatic carbocycles. The first-order valence-electron chi connectivity index (χ1n) is 4.79. The van der Waals surface area contributed by atoms with Gasteiger partial charge in [0.15, 0.2) is 0 Å². The normalized spacial score (nSPS) is 13.1. The van der Waals surface area contributed by atoms with Gasteiger partial charge in [-0.25, -0.2) is 0 Å². The lowest BCUT2D eigenvalue weighted by atomic mass is 10.2. The molecule has 0 unspecified atom stereocenters. The van der Waals surface area contributed by atoms with E-state index in [4.69, 9.17) is 28.4 Å². The molecule has 0 saturated carbocycles. The first kappa shape index (κ1) is 15.6. The molecule has 0 bridgehead atoms. The lowest BCUT2D eigenvalue weighted by Crippen LogP contribution is -2.06. The summed E-state index contributed by atoms with van der Waals surface area (Å²) in [6, 6.07) is 1.47. The second-order valence-corrected chi connectivity index (χ2v) is 4.24.